The highest BCUT2D eigenvalue weighted by molar-refractivity contribution is 5.42. The lowest BCUT2D eigenvalue weighted by Gasteiger charge is -2.28. The fourth-order valence-electron chi connectivity index (χ4n) is 4.30. The van der Waals surface area contributed by atoms with Crippen molar-refractivity contribution in [2.75, 3.05) is 0 Å². The summed E-state index contributed by atoms with van der Waals surface area (Å²) in [6.07, 6.45) is 12.0. The smallest absolute Gasteiger partial charge is 0.201 e. The highest BCUT2D eigenvalue weighted by Gasteiger charge is 2.27. The zero-order valence-corrected chi connectivity index (χ0v) is 15.8. The van der Waals surface area contributed by atoms with Crippen molar-refractivity contribution in [3.63, 3.8) is 0 Å². The third kappa shape index (κ3) is 4.28. The molecule has 3 rings (SSSR count). The average molecular weight is 364 g/mol. The number of aliphatic hydroxyl groups is 1. The molecule has 26 heavy (non-hydrogen) atoms. The zero-order chi connectivity index (χ0) is 18.7. The second-order valence-electron chi connectivity index (χ2n) is 7.91. The van der Waals surface area contributed by atoms with Crippen molar-refractivity contribution < 1.29 is 18.6 Å². The lowest BCUT2D eigenvalue weighted by atomic mass is 9.80. The molecule has 0 saturated heterocycles. The number of aryl methyl sites for hydroxylation is 1. The molecule has 144 valence electrons. The quantitative estimate of drug-likeness (QED) is 0.662. The van der Waals surface area contributed by atoms with E-state index >= 15 is 0 Å². The second-order valence-corrected chi connectivity index (χ2v) is 7.91. The van der Waals surface area contributed by atoms with E-state index < -0.39 is 17.7 Å². The van der Waals surface area contributed by atoms with Crippen LogP contribution in [0.5, 0.6) is 5.75 Å². The van der Waals surface area contributed by atoms with Gasteiger partial charge in [0.05, 0.1) is 6.10 Å². The van der Waals surface area contributed by atoms with Crippen molar-refractivity contribution >= 4 is 0 Å². The van der Waals surface area contributed by atoms with Gasteiger partial charge in [0, 0.05) is 5.56 Å². The molecule has 1 aromatic carbocycles. The lowest BCUT2D eigenvalue weighted by Crippen LogP contribution is -2.23. The van der Waals surface area contributed by atoms with Crippen LogP contribution < -0.4 is 4.74 Å². The van der Waals surface area contributed by atoms with Crippen LogP contribution in [0.3, 0.4) is 0 Å². The molecule has 1 aliphatic heterocycles. The van der Waals surface area contributed by atoms with E-state index in [1.54, 1.807) is 0 Å². The van der Waals surface area contributed by atoms with Crippen molar-refractivity contribution in [3.05, 3.63) is 41.0 Å². The van der Waals surface area contributed by atoms with E-state index in [1.165, 1.54) is 51.5 Å². The number of hydrogen-bond acceptors (Lipinski definition) is 2. The van der Waals surface area contributed by atoms with Crippen molar-refractivity contribution in [1.29, 1.82) is 0 Å². The lowest BCUT2D eigenvalue weighted by molar-refractivity contribution is 0.184. The first-order chi connectivity index (χ1) is 12.5. The monoisotopic (exact) mass is 364 g/mol. The molecule has 0 aromatic heterocycles. The Kier molecular flexibility index (Phi) is 6.33. The van der Waals surface area contributed by atoms with E-state index in [-0.39, 0.29) is 17.4 Å². The normalized spacial score (nSPS) is 27.2. The summed E-state index contributed by atoms with van der Waals surface area (Å²) in [5, 5.41) is 9.60. The summed E-state index contributed by atoms with van der Waals surface area (Å²) in [6.45, 7) is 3.69. The van der Waals surface area contributed by atoms with Crippen molar-refractivity contribution in [2.45, 2.75) is 77.4 Å². The number of halogens is 2. The second kappa shape index (κ2) is 8.51. The van der Waals surface area contributed by atoms with Crippen LogP contribution in [0.4, 0.5) is 8.78 Å². The van der Waals surface area contributed by atoms with Gasteiger partial charge in [-0.1, -0.05) is 25.8 Å². The van der Waals surface area contributed by atoms with Gasteiger partial charge in [0.15, 0.2) is 11.6 Å². The minimum Gasteiger partial charge on any atom is -0.483 e. The fourth-order valence-corrected chi connectivity index (χ4v) is 4.30. The summed E-state index contributed by atoms with van der Waals surface area (Å²) in [4.78, 5) is 0. The topological polar surface area (TPSA) is 29.5 Å². The molecule has 1 aromatic rings. The van der Waals surface area contributed by atoms with E-state index in [0.29, 0.717) is 17.9 Å². The molecule has 0 spiro atoms. The van der Waals surface area contributed by atoms with Gasteiger partial charge in [-0.3, -0.25) is 0 Å². The largest absolute Gasteiger partial charge is 0.483 e. The first kappa shape index (κ1) is 19.3. The predicted molar refractivity (Wildman–Crippen MR) is 99.2 cm³/mol. The van der Waals surface area contributed by atoms with Gasteiger partial charge in [-0.25, -0.2) is 4.39 Å². The molecule has 2 aliphatic rings. The maximum absolute atomic E-state index is 14.4. The van der Waals surface area contributed by atoms with Crippen molar-refractivity contribution in [2.24, 2.45) is 11.8 Å². The standard InChI is InChI=1S/C22H30F2O2/c1-3-4-15-5-7-16(8-6-15)9-11-18-12-10-17-13-19(14(2)25)20(23)21(24)22(17)26-18/h9,11,13-16,18,25H,3-8,10,12H2,1-2H3/b11-9+. The summed E-state index contributed by atoms with van der Waals surface area (Å²) in [5.74, 6) is -0.511. The fraction of sp³-hybridized carbons (Fsp3) is 0.636. The Hall–Kier alpha value is -1.42. The Morgan fingerprint density at radius 1 is 1.15 bits per heavy atom. The highest BCUT2D eigenvalue weighted by Crippen LogP contribution is 2.36. The maximum Gasteiger partial charge on any atom is 0.201 e. The maximum atomic E-state index is 14.4. The van der Waals surface area contributed by atoms with E-state index in [2.05, 4.69) is 13.0 Å². The van der Waals surface area contributed by atoms with Crippen molar-refractivity contribution in [1.82, 2.24) is 0 Å². The summed E-state index contributed by atoms with van der Waals surface area (Å²) < 4.78 is 34.2. The zero-order valence-electron chi connectivity index (χ0n) is 15.8. The first-order valence-electron chi connectivity index (χ1n) is 10.0. The molecule has 1 fully saturated rings. The molecular weight excluding hydrogens is 334 g/mol. The van der Waals surface area contributed by atoms with Gasteiger partial charge in [0.1, 0.15) is 6.10 Å². The highest BCUT2D eigenvalue weighted by atomic mass is 19.2. The minimum absolute atomic E-state index is 0.00248. The molecular formula is C22H30F2O2. The molecule has 0 bridgehead atoms. The molecule has 2 nitrogen and oxygen atoms in total. The summed E-state index contributed by atoms with van der Waals surface area (Å²) in [7, 11) is 0. The Bertz CT molecular complexity index is 646. The average Bonchev–Trinajstić information content (AvgIpc) is 2.64. The number of fused-ring (bicyclic) bond motifs is 1. The number of benzene rings is 1. The van der Waals surface area contributed by atoms with Gasteiger partial charge in [0.25, 0.3) is 0 Å². The molecule has 1 heterocycles. The van der Waals surface area contributed by atoms with Crippen LogP contribution in [-0.2, 0) is 6.42 Å². The molecule has 4 heteroatoms. The molecule has 1 aliphatic carbocycles. The van der Waals surface area contributed by atoms with Crippen LogP contribution in [0.1, 0.15) is 76.0 Å². The van der Waals surface area contributed by atoms with Crippen LogP contribution in [0.2, 0.25) is 0 Å². The van der Waals surface area contributed by atoms with E-state index in [4.69, 9.17) is 4.74 Å². The van der Waals surface area contributed by atoms with E-state index in [0.717, 1.165) is 12.3 Å². The Morgan fingerprint density at radius 2 is 1.88 bits per heavy atom. The third-order valence-corrected chi connectivity index (χ3v) is 5.87. The van der Waals surface area contributed by atoms with Crippen LogP contribution in [0.15, 0.2) is 18.2 Å². The number of allylic oxidation sites excluding steroid dienone is 1. The molecule has 0 amide bonds. The molecule has 1 saturated carbocycles. The van der Waals surface area contributed by atoms with Gasteiger partial charge in [-0.05, 0) is 75.0 Å². The van der Waals surface area contributed by atoms with Gasteiger partial charge in [-0.15, -0.1) is 0 Å². The Labute approximate surface area is 155 Å². The van der Waals surface area contributed by atoms with E-state index in [1.807, 2.05) is 6.08 Å². The van der Waals surface area contributed by atoms with Gasteiger partial charge < -0.3 is 9.84 Å². The summed E-state index contributed by atoms with van der Waals surface area (Å²) in [6, 6.07) is 1.54. The van der Waals surface area contributed by atoms with Gasteiger partial charge >= 0.3 is 0 Å². The Morgan fingerprint density at radius 3 is 2.54 bits per heavy atom. The molecule has 1 N–H and O–H groups in total. The Balaban J connectivity index is 1.63. The molecule has 2 unspecified atom stereocenters. The van der Waals surface area contributed by atoms with E-state index in [9.17, 15) is 13.9 Å². The summed E-state index contributed by atoms with van der Waals surface area (Å²) in [5.41, 5.74) is 0.646. The molecule has 0 radical (unpaired) electrons. The third-order valence-electron chi connectivity index (χ3n) is 5.87. The number of rotatable bonds is 5. The van der Waals surface area contributed by atoms with Gasteiger partial charge in [0.2, 0.25) is 5.82 Å². The minimum atomic E-state index is -1.03. The molecule has 2 atom stereocenters. The first-order valence-corrected chi connectivity index (χ1v) is 10.0. The predicted octanol–water partition coefficient (Wildman–Crippen LogP) is 5.87. The van der Waals surface area contributed by atoms with Crippen molar-refractivity contribution in [3.8, 4) is 5.75 Å². The van der Waals surface area contributed by atoms with Crippen LogP contribution >= 0.6 is 0 Å². The number of ether oxygens (including phenoxy) is 1. The number of aliphatic hydroxyl groups excluding tert-OH is 1. The van der Waals surface area contributed by atoms with Crippen LogP contribution in [0, 0.1) is 23.5 Å². The van der Waals surface area contributed by atoms with Crippen LogP contribution in [0.25, 0.3) is 0 Å². The SMILES string of the molecule is CCCC1CCC(/C=C/C2CCc3cc(C(C)O)c(F)c(F)c3O2)CC1. The van der Waals surface area contributed by atoms with Crippen LogP contribution in [-0.4, -0.2) is 11.2 Å². The van der Waals surface area contributed by atoms with Gasteiger partial charge in [-0.2, -0.15) is 4.39 Å². The summed E-state index contributed by atoms with van der Waals surface area (Å²) >= 11 is 0. The number of hydrogen-bond donors (Lipinski definition) is 1.